The number of rotatable bonds is 3. The molecule has 2 heterocycles. The summed E-state index contributed by atoms with van der Waals surface area (Å²) in [6.45, 7) is 0.815. The second-order valence-corrected chi connectivity index (χ2v) is 7.70. The summed E-state index contributed by atoms with van der Waals surface area (Å²) in [6.07, 6.45) is 0. The summed E-state index contributed by atoms with van der Waals surface area (Å²) in [6, 6.07) is 9.44. The summed E-state index contributed by atoms with van der Waals surface area (Å²) in [5.74, 6) is 0.927. The van der Waals surface area contributed by atoms with Crippen LogP contribution in [0.1, 0.15) is 0 Å². The van der Waals surface area contributed by atoms with Crippen LogP contribution >= 0.6 is 0 Å². The van der Waals surface area contributed by atoms with Gasteiger partial charge < -0.3 is 9.47 Å². The number of imidazole rings is 1. The molecule has 0 radical (unpaired) electrons. The average Bonchev–Trinajstić information content (AvgIpc) is 2.85. The van der Waals surface area contributed by atoms with Crippen molar-refractivity contribution in [1.82, 2.24) is 9.13 Å². The van der Waals surface area contributed by atoms with Crippen LogP contribution in [0, 0.1) is 0 Å². The van der Waals surface area contributed by atoms with Crippen LogP contribution in [-0.2, 0) is 24.1 Å². The molecule has 2 aromatic carbocycles. The van der Waals surface area contributed by atoms with Crippen LogP contribution in [0.2, 0.25) is 0 Å². The molecule has 8 nitrogen and oxygen atoms in total. The molecule has 0 aliphatic carbocycles. The van der Waals surface area contributed by atoms with Crippen molar-refractivity contribution in [2.45, 2.75) is 4.90 Å². The first-order chi connectivity index (χ1) is 12.4. The molecule has 9 heteroatoms. The molecule has 0 bridgehead atoms. The molecule has 1 aliphatic heterocycles. The number of fused-ring (bicyclic) bond motifs is 2. The number of benzene rings is 2. The minimum atomic E-state index is -3.81. The maximum Gasteiger partial charge on any atom is 0.328 e. The predicted molar refractivity (Wildman–Crippen MR) is 96.4 cm³/mol. The van der Waals surface area contributed by atoms with E-state index < -0.39 is 10.0 Å². The molecule has 1 N–H and O–H groups in total. The van der Waals surface area contributed by atoms with Gasteiger partial charge in [-0.15, -0.1) is 0 Å². The van der Waals surface area contributed by atoms with Crippen molar-refractivity contribution in [2.75, 3.05) is 17.9 Å². The van der Waals surface area contributed by atoms with Gasteiger partial charge in [-0.1, -0.05) is 0 Å². The SMILES string of the molecule is Cn1c(=O)n(C)c2cc(NS(=O)(=O)c3ccc4c(c3)OCCO4)ccc21. The van der Waals surface area contributed by atoms with E-state index >= 15 is 0 Å². The lowest BCUT2D eigenvalue weighted by atomic mass is 10.3. The van der Waals surface area contributed by atoms with Crippen LogP contribution in [0.3, 0.4) is 0 Å². The average molecular weight is 375 g/mol. The van der Waals surface area contributed by atoms with Gasteiger partial charge in [0.2, 0.25) is 0 Å². The van der Waals surface area contributed by atoms with Crippen LogP contribution in [-0.4, -0.2) is 30.8 Å². The molecule has 26 heavy (non-hydrogen) atoms. The number of nitrogens with one attached hydrogen (secondary N) is 1. The standard InChI is InChI=1S/C17H17N3O5S/c1-19-13-5-3-11(9-14(13)20(2)17(19)21)18-26(22,23)12-4-6-15-16(10-12)25-8-7-24-15/h3-6,9-10,18H,7-8H2,1-2H3. The van der Waals surface area contributed by atoms with Gasteiger partial charge in [0.15, 0.2) is 11.5 Å². The molecule has 136 valence electrons. The predicted octanol–water partition coefficient (Wildman–Crippen LogP) is 1.45. The highest BCUT2D eigenvalue weighted by molar-refractivity contribution is 7.92. The molecule has 0 saturated heterocycles. The molecule has 0 spiro atoms. The molecule has 0 amide bonds. The van der Waals surface area contributed by atoms with Crippen molar-refractivity contribution in [3.63, 3.8) is 0 Å². The molecule has 3 aromatic rings. The van der Waals surface area contributed by atoms with Crippen molar-refractivity contribution in [1.29, 1.82) is 0 Å². The maximum atomic E-state index is 12.7. The Bertz CT molecular complexity index is 1180. The van der Waals surface area contributed by atoms with Crippen molar-refractivity contribution >= 4 is 26.7 Å². The minimum Gasteiger partial charge on any atom is -0.486 e. The van der Waals surface area contributed by atoms with Gasteiger partial charge >= 0.3 is 5.69 Å². The highest BCUT2D eigenvalue weighted by Crippen LogP contribution is 2.32. The fraction of sp³-hybridized carbons (Fsp3) is 0.235. The van der Waals surface area contributed by atoms with Crippen molar-refractivity contribution in [3.05, 3.63) is 46.9 Å². The van der Waals surface area contributed by atoms with Crippen molar-refractivity contribution < 1.29 is 17.9 Å². The third-order valence-electron chi connectivity index (χ3n) is 4.35. The minimum absolute atomic E-state index is 0.0730. The number of aryl methyl sites for hydroxylation is 2. The van der Waals surface area contributed by atoms with Gasteiger partial charge in [-0.25, -0.2) is 13.2 Å². The van der Waals surface area contributed by atoms with Gasteiger partial charge in [0.1, 0.15) is 13.2 Å². The molecule has 1 aliphatic rings. The number of ether oxygens (including phenoxy) is 2. The van der Waals surface area contributed by atoms with E-state index in [9.17, 15) is 13.2 Å². The zero-order chi connectivity index (χ0) is 18.5. The highest BCUT2D eigenvalue weighted by Gasteiger charge is 2.20. The van der Waals surface area contributed by atoms with Crippen LogP contribution in [0.5, 0.6) is 11.5 Å². The van der Waals surface area contributed by atoms with Gasteiger partial charge in [-0.05, 0) is 30.3 Å². The van der Waals surface area contributed by atoms with Crippen LogP contribution in [0.15, 0.2) is 46.1 Å². The maximum absolute atomic E-state index is 12.7. The van der Waals surface area contributed by atoms with Crippen LogP contribution < -0.4 is 19.9 Å². The Morgan fingerprint density at radius 2 is 1.62 bits per heavy atom. The van der Waals surface area contributed by atoms with E-state index in [1.54, 1.807) is 38.4 Å². The van der Waals surface area contributed by atoms with E-state index in [0.29, 0.717) is 35.9 Å². The molecular weight excluding hydrogens is 358 g/mol. The monoisotopic (exact) mass is 375 g/mol. The van der Waals surface area contributed by atoms with E-state index in [4.69, 9.17) is 9.47 Å². The van der Waals surface area contributed by atoms with E-state index in [0.717, 1.165) is 5.52 Å². The molecule has 0 atom stereocenters. The lowest BCUT2D eigenvalue weighted by Crippen LogP contribution is -2.19. The number of sulfonamides is 1. The molecular formula is C17H17N3O5S. The smallest absolute Gasteiger partial charge is 0.328 e. The van der Waals surface area contributed by atoms with Crippen LogP contribution in [0.25, 0.3) is 11.0 Å². The second-order valence-electron chi connectivity index (χ2n) is 6.02. The number of aromatic nitrogens is 2. The molecule has 4 rings (SSSR count). The lowest BCUT2D eigenvalue weighted by Gasteiger charge is -2.19. The van der Waals surface area contributed by atoms with Gasteiger partial charge in [-0.2, -0.15) is 0 Å². The molecule has 0 saturated carbocycles. The first kappa shape index (κ1) is 16.5. The second kappa shape index (κ2) is 5.80. The number of hydrogen-bond acceptors (Lipinski definition) is 5. The summed E-state index contributed by atoms with van der Waals surface area (Å²) in [7, 11) is -0.498. The fourth-order valence-corrected chi connectivity index (χ4v) is 4.04. The van der Waals surface area contributed by atoms with Crippen molar-refractivity contribution in [2.24, 2.45) is 14.1 Å². The Kier molecular flexibility index (Phi) is 3.69. The Morgan fingerprint density at radius 1 is 0.923 bits per heavy atom. The molecule has 0 fully saturated rings. The number of nitrogens with zero attached hydrogens (tertiary/aromatic N) is 2. The Hall–Kier alpha value is -2.94. The van der Waals surface area contributed by atoms with E-state index in [1.807, 2.05) is 0 Å². The summed E-state index contributed by atoms with van der Waals surface area (Å²) in [4.78, 5) is 12.1. The zero-order valence-electron chi connectivity index (χ0n) is 14.2. The highest BCUT2D eigenvalue weighted by atomic mass is 32.2. The zero-order valence-corrected chi connectivity index (χ0v) is 15.0. The summed E-state index contributed by atoms with van der Waals surface area (Å²) in [5, 5.41) is 0. The first-order valence-corrected chi connectivity index (χ1v) is 9.43. The summed E-state index contributed by atoms with van der Waals surface area (Å²) in [5.41, 5.74) is 1.56. The molecule has 0 unspecified atom stereocenters. The lowest BCUT2D eigenvalue weighted by molar-refractivity contribution is 0.171. The van der Waals surface area contributed by atoms with Crippen LogP contribution in [0.4, 0.5) is 5.69 Å². The van der Waals surface area contributed by atoms with Gasteiger partial charge in [-0.3, -0.25) is 13.9 Å². The largest absolute Gasteiger partial charge is 0.486 e. The quantitative estimate of drug-likeness (QED) is 0.748. The third-order valence-corrected chi connectivity index (χ3v) is 5.73. The Balaban J connectivity index is 1.71. The fourth-order valence-electron chi connectivity index (χ4n) is 2.98. The van der Waals surface area contributed by atoms with Gasteiger partial charge in [0.25, 0.3) is 10.0 Å². The summed E-state index contributed by atoms with van der Waals surface area (Å²) >= 11 is 0. The normalized spacial score (nSPS) is 13.8. The van der Waals surface area contributed by atoms with E-state index in [2.05, 4.69) is 4.72 Å². The topological polar surface area (TPSA) is 91.6 Å². The van der Waals surface area contributed by atoms with Crippen molar-refractivity contribution in [3.8, 4) is 11.5 Å². The number of anilines is 1. The first-order valence-electron chi connectivity index (χ1n) is 7.95. The Labute approximate surface area is 149 Å². The third kappa shape index (κ3) is 2.60. The van der Waals surface area contributed by atoms with E-state index in [-0.39, 0.29) is 10.6 Å². The van der Waals surface area contributed by atoms with E-state index in [1.165, 1.54) is 21.3 Å². The van der Waals surface area contributed by atoms with Gasteiger partial charge in [0.05, 0.1) is 21.6 Å². The summed E-state index contributed by atoms with van der Waals surface area (Å²) < 4.78 is 41.8. The Morgan fingerprint density at radius 3 is 2.38 bits per heavy atom. The molecule has 1 aromatic heterocycles. The number of hydrogen-bond donors (Lipinski definition) is 1. The van der Waals surface area contributed by atoms with Gasteiger partial charge in [0, 0.05) is 20.2 Å².